The number of halogens is 2. The molecule has 1 N–H and O–H groups in total. The molecule has 0 heterocycles. The second kappa shape index (κ2) is 6.29. The third-order valence-corrected chi connectivity index (χ3v) is 4.26. The van der Waals surface area contributed by atoms with Crippen LogP contribution in [0.3, 0.4) is 0 Å². The van der Waals surface area contributed by atoms with E-state index in [0.717, 1.165) is 18.9 Å². The molecule has 1 amide bonds. The molecule has 1 aromatic carbocycles. The molecular weight excluding hydrogens is 317 g/mol. The van der Waals surface area contributed by atoms with Crippen LogP contribution in [0.2, 0.25) is 10.0 Å². The number of nitro groups is 1. The lowest BCUT2D eigenvalue weighted by Gasteiger charge is -2.15. The maximum atomic E-state index is 12.2. The van der Waals surface area contributed by atoms with E-state index in [4.69, 9.17) is 28.5 Å². The molecule has 1 aliphatic carbocycles. The van der Waals surface area contributed by atoms with Crippen LogP contribution in [0.4, 0.5) is 5.69 Å². The average molecular weight is 328 g/mol. The number of hydrogen-bond acceptors (Lipinski definition) is 4. The Labute approximate surface area is 130 Å². The van der Waals surface area contributed by atoms with Crippen molar-refractivity contribution < 1.29 is 9.72 Å². The van der Waals surface area contributed by atoms with Gasteiger partial charge in [0, 0.05) is 17.7 Å². The molecule has 110 valence electrons. The quantitative estimate of drug-likeness (QED) is 0.680. The van der Waals surface area contributed by atoms with E-state index in [9.17, 15) is 14.9 Å². The summed E-state index contributed by atoms with van der Waals surface area (Å²) >= 11 is 11.5. The zero-order valence-electron chi connectivity index (χ0n) is 10.8. The summed E-state index contributed by atoms with van der Waals surface area (Å²) in [5, 5.41) is 22.3. The fourth-order valence-electron chi connectivity index (χ4n) is 2.38. The number of carbonyl (C=O) groups excluding carboxylic acids is 1. The monoisotopic (exact) mass is 327 g/mol. The van der Waals surface area contributed by atoms with Crippen LogP contribution in [0.15, 0.2) is 12.1 Å². The molecular formula is C13H11Cl2N3O3. The number of nitrogens with one attached hydrogen (secondary N) is 1. The Morgan fingerprint density at radius 2 is 2.14 bits per heavy atom. The Bertz CT molecular complexity index is 642. The molecule has 0 saturated heterocycles. The molecule has 1 aliphatic rings. The van der Waals surface area contributed by atoms with E-state index in [1.807, 2.05) is 0 Å². The molecule has 2 unspecified atom stereocenters. The molecule has 1 fully saturated rings. The fourth-order valence-corrected chi connectivity index (χ4v) is 2.77. The molecule has 0 aliphatic heterocycles. The minimum Gasteiger partial charge on any atom is -0.348 e. The maximum Gasteiger partial charge on any atom is 0.290 e. The second-order valence-corrected chi connectivity index (χ2v) is 5.58. The lowest BCUT2D eigenvalue weighted by Crippen LogP contribution is -2.36. The highest BCUT2D eigenvalue weighted by Gasteiger charge is 2.29. The number of hydrogen-bond donors (Lipinski definition) is 1. The zero-order valence-corrected chi connectivity index (χ0v) is 12.3. The molecule has 2 rings (SSSR count). The summed E-state index contributed by atoms with van der Waals surface area (Å²) in [7, 11) is 0. The standard InChI is InChI=1S/C13H11Cl2N3O3/c14-9-4-8(5-11(12(9)15)18(20)21)13(19)17-10-3-1-2-7(10)6-16/h4-5,7,10H,1-3H2,(H,17,19). The van der Waals surface area contributed by atoms with E-state index >= 15 is 0 Å². The van der Waals surface area contributed by atoms with E-state index in [1.54, 1.807) is 0 Å². The summed E-state index contributed by atoms with van der Waals surface area (Å²) in [5.41, 5.74) is -0.364. The van der Waals surface area contributed by atoms with E-state index in [1.165, 1.54) is 6.07 Å². The summed E-state index contributed by atoms with van der Waals surface area (Å²) in [5.74, 6) is -0.726. The highest BCUT2D eigenvalue weighted by molar-refractivity contribution is 6.43. The maximum absolute atomic E-state index is 12.2. The van der Waals surface area contributed by atoms with Crippen molar-refractivity contribution in [3.63, 3.8) is 0 Å². The van der Waals surface area contributed by atoms with Gasteiger partial charge in [-0.2, -0.15) is 5.26 Å². The predicted octanol–water partition coefficient (Wildman–Crippen LogP) is 3.32. The minimum absolute atomic E-state index is 0.0553. The van der Waals surface area contributed by atoms with E-state index in [2.05, 4.69) is 11.4 Å². The van der Waals surface area contributed by atoms with Crippen molar-refractivity contribution in [1.82, 2.24) is 5.32 Å². The van der Waals surface area contributed by atoms with Gasteiger partial charge in [0.2, 0.25) is 0 Å². The lowest BCUT2D eigenvalue weighted by molar-refractivity contribution is -0.384. The van der Waals surface area contributed by atoms with Gasteiger partial charge in [-0.1, -0.05) is 23.2 Å². The van der Waals surface area contributed by atoms with E-state index in [0.29, 0.717) is 6.42 Å². The zero-order chi connectivity index (χ0) is 15.6. The van der Waals surface area contributed by atoms with Gasteiger partial charge in [-0.25, -0.2) is 0 Å². The Hall–Kier alpha value is -1.84. The van der Waals surface area contributed by atoms with Crippen molar-refractivity contribution in [2.75, 3.05) is 0 Å². The van der Waals surface area contributed by atoms with Gasteiger partial charge in [0.25, 0.3) is 11.6 Å². The van der Waals surface area contributed by atoms with Gasteiger partial charge in [0.05, 0.1) is 21.9 Å². The van der Waals surface area contributed by atoms with Gasteiger partial charge in [0.15, 0.2) is 0 Å². The third-order valence-electron chi connectivity index (χ3n) is 3.47. The first-order valence-electron chi connectivity index (χ1n) is 6.28. The highest BCUT2D eigenvalue weighted by Crippen LogP contribution is 2.33. The minimum atomic E-state index is -0.696. The van der Waals surface area contributed by atoms with Crippen molar-refractivity contribution in [2.24, 2.45) is 5.92 Å². The Balaban J connectivity index is 2.24. The van der Waals surface area contributed by atoms with Crippen LogP contribution >= 0.6 is 23.2 Å². The molecule has 1 saturated carbocycles. The van der Waals surface area contributed by atoms with Crippen LogP contribution in [0.25, 0.3) is 0 Å². The van der Waals surface area contributed by atoms with Crippen LogP contribution in [-0.2, 0) is 0 Å². The van der Waals surface area contributed by atoms with Crippen LogP contribution in [0, 0.1) is 27.4 Å². The van der Waals surface area contributed by atoms with Crippen molar-refractivity contribution in [3.8, 4) is 6.07 Å². The molecule has 6 nitrogen and oxygen atoms in total. The molecule has 0 spiro atoms. The molecule has 0 aromatic heterocycles. The average Bonchev–Trinajstić information content (AvgIpc) is 2.88. The second-order valence-electron chi connectivity index (χ2n) is 4.79. The van der Waals surface area contributed by atoms with Crippen molar-refractivity contribution in [1.29, 1.82) is 5.26 Å². The third kappa shape index (κ3) is 3.26. The summed E-state index contributed by atoms with van der Waals surface area (Å²) < 4.78 is 0. The largest absolute Gasteiger partial charge is 0.348 e. The van der Waals surface area contributed by atoms with Crippen LogP contribution < -0.4 is 5.32 Å². The SMILES string of the molecule is N#CC1CCCC1NC(=O)c1cc(Cl)c(Cl)c([N+](=O)[O-])c1. The number of nitro benzene ring substituents is 1. The van der Waals surface area contributed by atoms with Gasteiger partial charge in [0.1, 0.15) is 5.02 Å². The molecule has 0 bridgehead atoms. The molecule has 8 heteroatoms. The fraction of sp³-hybridized carbons (Fsp3) is 0.385. The molecule has 1 aromatic rings. The topological polar surface area (TPSA) is 96.0 Å². The normalized spacial score (nSPS) is 20.8. The van der Waals surface area contributed by atoms with Gasteiger partial charge in [-0.05, 0) is 25.3 Å². The first-order chi connectivity index (χ1) is 9.93. The first kappa shape index (κ1) is 15.5. The van der Waals surface area contributed by atoms with Crippen LogP contribution in [0.5, 0.6) is 0 Å². The molecule has 21 heavy (non-hydrogen) atoms. The van der Waals surface area contributed by atoms with Gasteiger partial charge in [-0.3, -0.25) is 14.9 Å². The summed E-state index contributed by atoms with van der Waals surface area (Å²) in [4.78, 5) is 22.3. The summed E-state index contributed by atoms with van der Waals surface area (Å²) in [6.07, 6.45) is 2.32. The lowest BCUT2D eigenvalue weighted by atomic mass is 10.1. The highest BCUT2D eigenvalue weighted by atomic mass is 35.5. The number of benzene rings is 1. The summed E-state index contributed by atoms with van der Waals surface area (Å²) in [6, 6.07) is 4.27. The summed E-state index contributed by atoms with van der Waals surface area (Å²) in [6.45, 7) is 0. The van der Waals surface area contributed by atoms with E-state index < -0.39 is 16.5 Å². The number of rotatable bonds is 3. The smallest absolute Gasteiger partial charge is 0.290 e. The molecule has 2 atom stereocenters. The van der Waals surface area contributed by atoms with Crippen molar-refractivity contribution >= 4 is 34.8 Å². The number of nitrogens with zero attached hydrogens (tertiary/aromatic N) is 2. The van der Waals surface area contributed by atoms with Crippen molar-refractivity contribution in [3.05, 3.63) is 37.9 Å². The Morgan fingerprint density at radius 1 is 1.43 bits per heavy atom. The van der Waals surface area contributed by atoms with E-state index in [-0.39, 0.29) is 27.6 Å². The first-order valence-corrected chi connectivity index (χ1v) is 7.03. The van der Waals surface area contributed by atoms with Gasteiger partial charge in [-0.15, -0.1) is 0 Å². The van der Waals surface area contributed by atoms with Gasteiger partial charge < -0.3 is 5.32 Å². The molecule has 0 radical (unpaired) electrons. The van der Waals surface area contributed by atoms with Crippen molar-refractivity contribution in [2.45, 2.75) is 25.3 Å². The number of carbonyl (C=O) groups is 1. The predicted molar refractivity (Wildman–Crippen MR) is 77.3 cm³/mol. The van der Waals surface area contributed by atoms with Gasteiger partial charge >= 0.3 is 0 Å². The number of amides is 1. The van der Waals surface area contributed by atoms with Crippen LogP contribution in [-0.4, -0.2) is 16.9 Å². The number of nitriles is 1. The van der Waals surface area contributed by atoms with Crippen LogP contribution in [0.1, 0.15) is 29.6 Å². The Kier molecular flexibility index (Phi) is 4.66. The Morgan fingerprint density at radius 3 is 2.76 bits per heavy atom.